The Balaban J connectivity index is 1.48. The normalized spacial score (nSPS) is 19.9. The molecule has 4 rings (SSSR count). The summed E-state index contributed by atoms with van der Waals surface area (Å²) in [6.45, 7) is 5.84. The van der Waals surface area contributed by atoms with Crippen LogP contribution in [0.25, 0.3) is 0 Å². The number of aromatic nitrogens is 2. The molecule has 0 bridgehead atoms. The maximum atomic E-state index is 13.4. The minimum Gasteiger partial charge on any atom is -0.376 e. The lowest BCUT2D eigenvalue weighted by molar-refractivity contribution is -0.116. The fourth-order valence-corrected chi connectivity index (χ4v) is 5.58. The number of hydrogen-bond donors (Lipinski definition) is 0. The van der Waals surface area contributed by atoms with Gasteiger partial charge in [0.05, 0.1) is 24.1 Å². The predicted molar refractivity (Wildman–Crippen MR) is 122 cm³/mol. The van der Waals surface area contributed by atoms with Crippen molar-refractivity contribution in [2.24, 2.45) is 0 Å². The van der Waals surface area contributed by atoms with E-state index in [-0.39, 0.29) is 12.0 Å². The van der Waals surface area contributed by atoms with Gasteiger partial charge in [0.15, 0.2) is 5.16 Å². The molecule has 1 saturated carbocycles. The minimum absolute atomic E-state index is 0.181. The summed E-state index contributed by atoms with van der Waals surface area (Å²) in [7, 11) is 0. The highest BCUT2D eigenvalue weighted by atomic mass is 32.2. The van der Waals surface area contributed by atoms with Gasteiger partial charge in [-0.25, -0.2) is 4.98 Å². The molecule has 1 saturated heterocycles. The van der Waals surface area contributed by atoms with E-state index in [0.717, 1.165) is 55.4 Å². The largest absolute Gasteiger partial charge is 0.376 e. The molecule has 0 N–H and O–H groups in total. The molecule has 2 aromatic rings. The van der Waals surface area contributed by atoms with E-state index in [1.165, 1.54) is 25.0 Å². The highest BCUT2D eigenvalue weighted by molar-refractivity contribution is 7.99. The van der Waals surface area contributed by atoms with E-state index in [4.69, 9.17) is 9.72 Å². The zero-order valence-corrected chi connectivity index (χ0v) is 19.0. The van der Waals surface area contributed by atoms with Crippen molar-refractivity contribution in [3.05, 3.63) is 41.7 Å². The molecule has 1 atom stereocenters. The third-order valence-corrected chi connectivity index (χ3v) is 7.36. The number of para-hydroxylation sites is 1. The molecule has 2 aliphatic rings. The summed E-state index contributed by atoms with van der Waals surface area (Å²) >= 11 is 1.57. The van der Waals surface area contributed by atoms with Crippen LogP contribution in [0.3, 0.4) is 0 Å². The number of hydrogen-bond acceptors (Lipinski definition) is 4. The Hall–Kier alpha value is -1.79. The Bertz CT molecular complexity index is 840. The first-order valence-corrected chi connectivity index (χ1v) is 12.3. The zero-order valence-electron chi connectivity index (χ0n) is 18.2. The molecule has 1 aliphatic heterocycles. The maximum absolute atomic E-state index is 13.4. The number of ether oxygens (including phenoxy) is 1. The number of carbonyl (C=O) groups is 1. The van der Waals surface area contributed by atoms with Gasteiger partial charge in [0, 0.05) is 24.0 Å². The molecule has 6 heteroatoms. The quantitative estimate of drug-likeness (QED) is 0.574. The van der Waals surface area contributed by atoms with Gasteiger partial charge in [0.25, 0.3) is 0 Å². The first-order chi connectivity index (χ1) is 14.6. The molecule has 0 radical (unpaired) electrons. The van der Waals surface area contributed by atoms with Gasteiger partial charge in [-0.3, -0.25) is 4.79 Å². The summed E-state index contributed by atoms with van der Waals surface area (Å²) in [5, 5.41) is 0.936. The molecule has 1 aliphatic carbocycles. The Morgan fingerprint density at radius 2 is 1.90 bits per heavy atom. The lowest BCUT2D eigenvalue weighted by Gasteiger charge is -2.34. The lowest BCUT2D eigenvalue weighted by atomic mass is 9.93. The number of aryl methyl sites for hydroxylation is 1. The number of rotatable bonds is 7. The standard InChI is InChI=1S/C24H33N3O2S/c1-18-19(2)26(16-22-14-9-15-29-22)24(25-18)30-17-23(28)27(20-10-5-3-6-11-20)21-12-7-4-8-13-21/h3,5-6,10-11,21-22H,4,7-9,12-17H2,1-2H3. The van der Waals surface area contributed by atoms with Crippen molar-refractivity contribution >= 4 is 23.4 Å². The maximum Gasteiger partial charge on any atom is 0.237 e. The molecule has 1 unspecified atom stereocenters. The van der Waals surface area contributed by atoms with Crippen molar-refractivity contribution < 1.29 is 9.53 Å². The van der Waals surface area contributed by atoms with Crippen LogP contribution in [0.1, 0.15) is 56.3 Å². The molecule has 1 aromatic heterocycles. The summed E-state index contributed by atoms with van der Waals surface area (Å²) in [6.07, 6.45) is 8.37. The van der Waals surface area contributed by atoms with E-state index in [1.807, 2.05) is 25.1 Å². The van der Waals surface area contributed by atoms with Crippen LogP contribution in [0.5, 0.6) is 0 Å². The van der Waals surface area contributed by atoms with Gasteiger partial charge in [-0.05, 0) is 51.7 Å². The highest BCUT2D eigenvalue weighted by Crippen LogP contribution is 2.30. The molecule has 1 aromatic carbocycles. The van der Waals surface area contributed by atoms with E-state index >= 15 is 0 Å². The molecule has 2 heterocycles. The summed E-state index contributed by atoms with van der Waals surface area (Å²) < 4.78 is 8.09. The number of carbonyl (C=O) groups excluding carboxylic acids is 1. The number of thioether (sulfide) groups is 1. The third-order valence-electron chi connectivity index (χ3n) is 6.40. The Kier molecular flexibility index (Phi) is 7.16. The van der Waals surface area contributed by atoms with Crippen LogP contribution in [0.2, 0.25) is 0 Å². The fourth-order valence-electron chi connectivity index (χ4n) is 4.62. The average molecular weight is 428 g/mol. The van der Waals surface area contributed by atoms with Gasteiger partial charge >= 0.3 is 0 Å². The van der Waals surface area contributed by atoms with Gasteiger partial charge in [0.1, 0.15) is 0 Å². The van der Waals surface area contributed by atoms with Gasteiger partial charge in [-0.1, -0.05) is 49.2 Å². The van der Waals surface area contributed by atoms with Crippen LogP contribution >= 0.6 is 11.8 Å². The van der Waals surface area contributed by atoms with Crippen LogP contribution in [-0.4, -0.2) is 40.0 Å². The van der Waals surface area contributed by atoms with Crippen LogP contribution in [0, 0.1) is 13.8 Å². The van der Waals surface area contributed by atoms with Crippen molar-refractivity contribution in [2.45, 2.75) is 82.6 Å². The van der Waals surface area contributed by atoms with Crippen LogP contribution < -0.4 is 4.90 Å². The number of benzene rings is 1. The Morgan fingerprint density at radius 3 is 2.60 bits per heavy atom. The van der Waals surface area contributed by atoms with Crippen molar-refractivity contribution in [1.82, 2.24) is 9.55 Å². The van der Waals surface area contributed by atoms with Crippen LogP contribution in [-0.2, 0) is 16.1 Å². The molecular weight excluding hydrogens is 394 g/mol. The summed E-state index contributed by atoms with van der Waals surface area (Å²) in [5.41, 5.74) is 3.23. The molecule has 162 valence electrons. The fraction of sp³-hybridized carbons (Fsp3) is 0.583. The Labute approximate surface area is 184 Å². The minimum atomic E-state index is 0.181. The molecule has 5 nitrogen and oxygen atoms in total. The molecule has 30 heavy (non-hydrogen) atoms. The van der Waals surface area contributed by atoms with Crippen molar-refractivity contribution in [1.29, 1.82) is 0 Å². The number of imidazole rings is 1. The van der Waals surface area contributed by atoms with Gasteiger partial charge in [-0.15, -0.1) is 0 Å². The zero-order chi connectivity index (χ0) is 20.9. The van der Waals surface area contributed by atoms with E-state index in [0.29, 0.717) is 11.8 Å². The van der Waals surface area contributed by atoms with E-state index in [2.05, 4.69) is 28.5 Å². The molecule has 1 amide bonds. The van der Waals surface area contributed by atoms with Crippen LogP contribution in [0.15, 0.2) is 35.5 Å². The van der Waals surface area contributed by atoms with E-state index in [9.17, 15) is 4.79 Å². The topological polar surface area (TPSA) is 47.4 Å². The average Bonchev–Trinajstić information content (AvgIpc) is 3.38. The number of amides is 1. The monoisotopic (exact) mass is 427 g/mol. The second-order valence-electron chi connectivity index (χ2n) is 8.49. The van der Waals surface area contributed by atoms with E-state index in [1.54, 1.807) is 11.8 Å². The SMILES string of the molecule is Cc1nc(SCC(=O)N(c2ccccc2)C2CCCCC2)n(CC2CCCO2)c1C. The van der Waals surface area contributed by atoms with Crippen molar-refractivity contribution in [2.75, 3.05) is 17.3 Å². The van der Waals surface area contributed by atoms with Gasteiger partial charge in [0.2, 0.25) is 5.91 Å². The summed E-state index contributed by atoms with van der Waals surface area (Å²) in [5.74, 6) is 0.590. The van der Waals surface area contributed by atoms with Crippen molar-refractivity contribution in [3.63, 3.8) is 0 Å². The van der Waals surface area contributed by atoms with E-state index < -0.39 is 0 Å². The van der Waals surface area contributed by atoms with Gasteiger partial charge < -0.3 is 14.2 Å². The molecular formula is C24H33N3O2S. The number of anilines is 1. The van der Waals surface area contributed by atoms with Gasteiger partial charge in [-0.2, -0.15) is 0 Å². The predicted octanol–water partition coefficient (Wildman–Crippen LogP) is 5.14. The first-order valence-electron chi connectivity index (χ1n) is 11.3. The lowest BCUT2D eigenvalue weighted by Crippen LogP contribution is -2.42. The third kappa shape index (κ3) is 4.92. The summed E-state index contributed by atoms with van der Waals surface area (Å²) in [4.78, 5) is 20.2. The first kappa shape index (κ1) is 21.4. The molecule has 2 fully saturated rings. The smallest absolute Gasteiger partial charge is 0.237 e. The second kappa shape index (κ2) is 10.0. The second-order valence-corrected chi connectivity index (χ2v) is 9.43. The highest BCUT2D eigenvalue weighted by Gasteiger charge is 2.28. The van der Waals surface area contributed by atoms with Crippen LogP contribution in [0.4, 0.5) is 5.69 Å². The molecule has 0 spiro atoms. The number of nitrogens with zero attached hydrogens (tertiary/aromatic N) is 3. The summed E-state index contributed by atoms with van der Waals surface area (Å²) in [6, 6.07) is 10.5. The van der Waals surface area contributed by atoms with Crippen molar-refractivity contribution in [3.8, 4) is 0 Å². The Morgan fingerprint density at radius 1 is 1.13 bits per heavy atom.